The Kier molecular flexibility index (Phi) is 9.27. The first-order valence-electron chi connectivity index (χ1n) is 10.8. The van der Waals surface area contributed by atoms with Crippen LogP contribution in [-0.2, 0) is 6.42 Å². The summed E-state index contributed by atoms with van der Waals surface area (Å²) >= 11 is 8.80. The van der Waals surface area contributed by atoms with Gasteiger partial charge in [-0.25, -0.2) is 0 Å². The smallest absolute Gasteiger partial charge is 0.257 e. The van der Waals surface area contributed by atoms with Crippen LogP contribution in [0.15, 0.2) is 77.3 Å². The molecule has 3 rings (SSSR count). The van der Waals surface area contributed by atoms with Gasteiger partial charge in [0.2, 0.25) is 0 Å². The Morgan fingerprint density at radius 1 is 1.06 bits per heavy atom. The third-order valence-electron chi connectivity index (χ3n) is 4.92. The predicted octanol–water partition coefficient (Wildman–Crippen LogP) is 6.37. The molecule has 0 aliphatic heterocycles. The monoisotopic (exact) mass is 526 g/mol. The minimum Gasteiger partial charge on any atom is -0.492 e. The van der Waals surface area contributed by atoms with Crippen LogP contribution < -0.4 is 20.1 Å². The third kappa shape index (κ3) is 7.87. The van der Waals surface area contributed by atoms with E-state index < -0.39 is 0 Å². The van der Waals surface area contributed by atoms with Gasteiger partial charge in [0.15, 0.2) is 5.11 Å². The second kappa shape index (κ2) is 12.4. The van der Waals surface area contributed by atoms with Gasteiger partial charge in [-0.1, -0.05) is 43.3 Å². The molecule has 5 nitrogen and oxygen atoms in total. The summed E-state index contributed by atoms with van der Waals surface area (Å²) < 4.78 is 12.4. The van der Waals surface area contributed by atoms with Crippen LogP contribution in [0.1, 0.15) is 36.2 Å². The molecule has 0 spiro atoms. The number of hydrogen-bond acceptors (Lipinski definition) is 4. The maximum Gasteiger partial charge on any atom is 0.257 e. The molecule has 3 aromatic rings. The van der Waals surface area contributed by atoms with Gasteiger partial charge < -0.3 is 14.8 Å². The summed E-state index contributed by atoms with van der Waals surface area (Å²) in [7, 11) is 0. The van der Waals surface area contributed by atoms with Crippen LogP contribution in [-0.4, -0.2) is 23.7 Å². The molecule has 2 N–H and O–H groups in total. The van der Waals surface area contributed by atoms with E-state index in [1.807, 2.05) is 49.4 Å². The zero-order chi connectivity index (χ0) is 23.6. The second-order valence-electron chi connectivity index (χ2n) is 7.50. The first-order valence-corrected chi connectivity index (χ1v) is 12.0. The van der Waals surface area contributed by atoms with E-state index in [2.05, 4.69) is 45.6 Å². The lowest BCUT2D eigenvalue weighted by Gasteiger charge is -2.15. The normalized spacial score (nSPS) is 11.4. The lowest BCUT2D eigenvalue weighted by Crippen LogP contribution is -2.34. The van der Waals surface area contributed by atoms with Crippen molar-refractivity contribution in [2.45, 2.75) is 32.8 Å². The van der Waals surface area contributed by atoms with E-state index >= 15 is 0 Å². The minimum absolute atomic E-state index is 0.121. The molecule has 0 saturated carbocycles. The molecule has 0 fully saturated rings. The number of carbonyl (C=O) groups excluding carboxylic acids is 1. The van der Waals surface area contributed by atoms with Gasteiger partial charge in [-0.15, -0.1) is 0 Å². The number of thiocarbonyl (C=S) groups is 1. The number of amides is 1. The van der Waals surface area contributed by atoms with Crippen molar-refractivity contribution in [3.05, 3.63) is 88.4 Å². The highest BCUT2D eigenvalue weighted by Crippen LogP contribution is 2.26. The van der Waals surface area contributed by atoms with Crippen LogP contribution in [0.25, 0.3) is 0 Å². The molecule has 3 aromatic carbocycles. The van der Waals surface area contributed by atoms with Gasteiger partial charge >= 0.3 is 0 Å². The average molecular weight is 527 g/mol. The lowest BCUT2D eigenvalue weighted by molar-refractivity contribution is 0.0977. The molecule has 0 saturated heterocycles. The number of ether oxygens (including phenoxy) is 2. The molecular formula is C26H27BrN2O3S. The second-order valence-corrected chi connectivity index (χ2v) is 8.76. The summed E-state index contributed by atoms with van der Waals surface area (Å²) in [6.07, 6.45) is 1.84. The maximum absolute atomic E-state index is 12.6. The zero-order valence-electron chi connectivity index (χ0n) is 18.6. The Labute approximate surface area is 208 Å². The summed E-state index contributed by atoms with van der Waals surface area (Å²) in [5.74, 6) is 1.12. The van der Waals surface area contributed by atoms with Crippen molar-refractivity contribution in [1.29, 1.82) is 0 Å². The van der Waals surface area contributed by atoms with Crippen LogP contribution in [0.2, 0.25) is 0 Å². The Bertz CT molecular complexity index is 1090. The van der Waals surface area contributed by atoms with E-state index in [0.717, 1.165) is 24.3 Å². The molecule has 0 aliphatic carbocycles. The zero-order valence-corrected chi connectivity index (χ0v) is 21.0. The average Bonchev–Trinajstić information content (AvgIpc) is 2.80. The van der Waals surface area contributed by atoms with Crippen molar-refractivity contribution < 1.29 is 14.3 Å². The molecular weight excluding hydrogens is 500 g/mol. The van der Waals surface area contributed by atoms with Crippen molar-refractivity contribution in [2.75, 3.05) is 11.9 Å². The molecule has 0 aliphatic rings. The molecule has 7 heteroatoms. The summed E-state index contributed by atoms with van der Waals surface area (Å²) in [6, 6.07) is 22.8. The van der Waals surface area contributed by atoms with Gasteiger partial charge in [0.25, 0.3) is 5.91 Å². The van der Waals surface area contributed by atoms with Crippen LogP contribution in [0.3, 0.4) is 0 Å². The van der Waals surface area contributed by atoms with Crippen molar-refractivity contribution >= 4 is 44.9 Å². The summed E-state index contributed by atoms with van der Waals surface area (Å²) in [5.41, 5.74) is 2.42. The van der Waals surface area contributed by atoms with E-state index in [1.54, 1.807) is 18.2 Å². The molecule has 1 atom stereocenters. The van der Waals surface area contributed by atoms with E-state index in [1.165, 1.54) is 5.56 Å². The minimum atomic E-state index is -0.309. The lowest BCUT2D eigenvalue weighted by atomic mass is 10.2. The van der Waals surface area contributed by atoms with Crippen LogP contribution in [0, 0.1) is 0 Å². The van der Waals surface area contributed by atoms with Gasteiger partial charge in [0.05, 0.1) is 17.2 Å². The fourth-order valence-corrected chi connectivity index (χ4v) is 3.69. The van der Waals surface area contributed by atoms with E-state index in [9.17, 15) is 4.79 Å². The van der Waals surface area contributed by atoms with Gasteiger partial charge in [-0.05, 0) is 77.4 Å². The number of rotatable bonds is 9. The van der Waals surface area contributed by atoms with Crippen LogP contribution in [0.4, 0.5) is 5.69 Å². The molecule has 1 unspecified atom stereocenters. The number of benzene rings is 3. The van der Waals surface area contributed by atoms with E-state index in [4.69, 9.17) is 21.7 Å². The first kappa shape index (κ1) is 24.7. The van der Waals surface area contributed by atoms with E-state index in [0.29, 0.717) is 22.4 Å². The summed E-state index contributed by atoms with van der Waals surface area (Å²) in [5, 5.41) is 5.94. The van der Waals surface area contributed by atoms with Crippen molar-refractivity contribution in [1.82, 2.24) is 5.32 Å². The Morgan fingerprint density at radius 3 is 2.58 bits per heavy atom. The highest BCUT2D eigenvalue weighted by molar-refractivity contribution is 9.10. The standard InChI is InChI=1S/C26H27BrN2O3S/c1-3-18(2)32-22-11-7-10-21(17-22)28-26(33)29-25(30)20-12-13-24(23(27)16-20)31-15-14-19-8-5-4-6-9-19/h4-13,16-18H,3,14-15H2,1-2H3,(H2,28,29,30,33). The van der Waals surface area contributed by atoms with Crippen molar-refractivity contribution in [3.63, 3.8) is 0 Å². The molecule has 1 amide bonds. The van der Waals surface area contributed by atoms with E-state index in [-0.39, 0.29) is 17.1 Å². The van der Waals surface area contributed by atoms with Crippen LogP contribution >= 0.6 is 28.1 Å². The van der Waals surface area contributed by atoms with Gasteiger partial charge in [-0.2, -0.15) is 0 Å². The number of anilines is 1. The number of hydrogen-bond donors (Lipinski definition) is 2. The summed E-state index contributed by atoms with van der Waals surface area (Å²) in [6.45, 7) is 4.63. The third-order valence-corrected chi connectivity index (χ3v) is 5.74. The highest BCUT2D eigenvalue weighted by Gasteiger charge is 2.12. The Balaban J connectivity index is 1.53. The quantitative estimate of drug-likeness (QED) is 0.317. The molecule has 0 radical (unpaired) electrons. The number of carbonyl (C=O) groups is 1. The summed E-state index contributed by atoms with van der Waals surface area (Å²) in [4.78, 5) is 12.6. The molecule has 0 heterocycles. The first-order chi connectivity index (χ1) is 15.9. The SMILES string of the molecule is CCC(C)Oc1cccc(NC(=S)NC(=O)c2ccc(OCCc3ccccc3)c(Br)c2)c1. The number of halogens is 1. The van der Waals surface area contributed by atoms with Crippen molar-refractivity contribution in [3.8, 4) is 11.5 Å². The number of nitrogens with one attached hydrogen (secondary N) is 2. The van der Waals surface area contributed by atoms with Gasteiger partial charge in [-0.3, -0.25) is 10.1 Å². The highest BCUT2D eigenvalue weighted by atomic mass is 79.9. The Hall–Kier alpha value is -2.90. The fraction of sp³-hybridized carbons (Fsp3) is 0.231. The fourth-order valence-electron chi connectivity index (χ4n) is 2.98. The molecule has 33 heavy (non-hydrogen) atoms. The Morgan fingerprint density at radius 2 is 1.85 bits per heavy atom. The predicted molar refractivity (Wildman–Crippen MR) is 140 cm³/mol. The maximum atomic E-state index is 12.6. The molecule has 0 aromatic heterocycles. The topological polar surface area (TPSA) is 59.6 Å². The molecule has 0 bridgehead atoms. The van der Waals surface area contributed by atoms with Crippen molar-refractivity contribution in [2.24, 2.45) is 0 Å². The van der Waals surface area contributed by atoms with Crippen LogP contribution in [0.5, 0.6) is 11.5 Å². The van der Waals surface area contributed by atoms with Gasteiger partial charge in [0.1, 0.15) is 11.5 Å². The molecule has 172 valence electrons. The van der Waals surface area contributed by atoms with Gasteiger partial charge in [0, 0.05) is 23.7 Å². The largest absolute Gasteiger partial charge is 0.492 e.